The van der Waals surface area contributed by atoms with Gasteiger partial charge >= 0.3 is 16.5 Å². The molecule has 11 heavy (non-hydrogen) atoms. The molecule has 0 amide bonds. The van der Waals surface area contributed by atoms with Crippen LogP contribution in [0.2, 0.25) is 0 Å². The monoisotopic (exact) mass is 270 g/mol. The molecule has 0 heterocycles. The molecule has 0 spiro atoms. The van der Waals surface area contributed by atoms with E-state index >= 15 is 0 Å². The molecule has 0 saturated heterocycles. The zero-order chi connectivity index (χ0) is 8.57. The van der Waals surface area contributed by atoms with E-state index in [2.05, 4.69) is 60.3 Å². The molecular weight excluding hydrogens is 263 g/mol. The van der Waals surface area contributed by atoms with Crippen LogP contribution in [0.25, 0.3) is 0 Å². The molecule has 2 N–H and O–H groups in total. The molecule has 0 aliphatic rings. The van der Waals surface area contributed by atoms with Crippen LogP contribution in [0, 0.1) is 0 Å². The number of thiocarbonyl (C=S) groups is 2. The first kappa shape index (κ1) is 17.7. The molecule has 0 rings (SSSR count). The van der Waals surface area contributed by atoms with Gasteiger partial charge in [-0.15, -0.1) is 0 Å². The van der Waals surface area contributed by atoms with Crippen LogP contribution in [0.15, 0.2) is 0 Å². The van der Waals surface area contributed by atoms with Gasteiger partial charge in [-0.2, -0.15) is 0 Å². The standard InChI is InChI=1S/2C2H5NS2.Ni/c2*1-3-2(4)5;/h2*1H3,(H2,3,4,5);/q;;+2/p-2. The smallest absolute Gasteiger partial charge is 0.412 e. The van der Waals surface area contributed by atoms with Crippen molar-refractivity contribution in [2.45, 2.75) is 0 Å². The van der Waals surface area contributed by atoms with Gasteiger partial charge in [0.15, 0.2) is 0 Å². The minimum atomic E-state index is 0. The molecule has 0 atom stereocenters. The van der Waals surface area contributed by atoms with E-state index in [1.54, 1.807) is 14.1 Å². The van der Waals surface area contributed by atoms with Gasteiger partial charge in [-0.05, 0) is 0 Å². The largest absolute Gasteiger partial charge is 2.00 e. The molecule has 0 aromatic carbocycles. The van der Waals surface area contributed by atoms with Gasteiger partial charge in [0.25, 0.3) is 0 Å². The van der Waals surface area contributed by atoms with Crippen molar-refractivity contribution in [2.75, 3.05) is 14.1 Å². The topological polar surface area (TPSA) is 24.1 Å². The maximum atomic E-state index is 4.40. The first-order chi connectivity index (χ1) is 4.54. The van der Waals surface area contributed by atoms with Crippen LogP contribution in [0.3, 0.4) is 0 Å². The number of hydrogen-bond acceptors (Lipinski definition) is 4. The molecule has 68 valence electrons. The van der Waals surface area contributed by atoms with E-state index in [-0.39, 0.29) is 16.5 Å². The maximum Gasteiger partial charge on any atom is 2.00 e. The number of hydrogen-bond donors (Lipinski definition) is 2. The van der Waals surface area contributed by atoms with Crippen molar-refractivity contribution in [1.29, 1.82) is 0 Å². The molecule has 0 aliphatic carbocycles. The van der Waals surface area contributed by atoms with E-state index < -0.39 is 0 Å². The molecule has 0 aromatic heterocycles. The molecule has 0 fully saturated rings. The quantitative estimate of drug-likeness (QED) is 0.367. The van der Waals surface area contributed by atoms with Gasteiger partial charge in [-0.25, -0.2) is 0 Å². The summed E-state index contributed by atoms with van der Waals surface area (Å²) in [5.41, 5.74) is 0. The SMILES string of the molecule is CNC(=S)[S-].CNC(=S)[S-].[Ni+2]. The average molecular weight is 271 g/mol. The Morgan fingerprint density at radius 1 is 1.00 bits per heavy atom. The summed E-state index contributed by atoms with van der Waals surface area (Å²) >= 11 is 17.6. The summed E-state index contributed by atoms with van der Waals surface area (Å²) in [7, 11) is 3.41. The zero-order valence-electron chi connectivity index (χ0n) is 5.95. The van der Waals surface area contributed by atoms with E-state index in [4.69, 9.17) is 0 Å². The molecule has 0 saturated carbocycles. The van der Waals surface area contributed by atoms with E-state index in [0.29, 0.717) is 8.64 Å². The second-order valence-corrected chi connectivity index (χ2v) is 3.22. The fourth-order valence-electron chi connectivity index (χ4n) is 0. The summed E-state index contributed by atoms with van der Waals surface area (Å²) in [6, 6.07) is 0. The van der Waals surface area contributed by atoms with Crippen molar-refractivity contribution in [3.63, 3.8) is 0 Å². The summed E-state index contributed by atoms with van der Waals surface area (Å²) in [6.45, 7) is 0. The Morgan fingerprint density at radius 2 is 1.09 bits per heavy atom. The Bertz CT molecular complexity index is 105. The molecule has 2 nitrogen and oxygen atoms in total. The van der Waals surface area contributed by atoms with Crippen molar-refractivity contribution < 1.29 is 16.5 Å². The van der Waals surface area contributed by atoms with Crippen LogP contribution in [-0.4, -0.2) is 22.7 Å². The van der Waals surface area contributed by atoms with Crippen LogP contribution in [-0.2, 0) is 41.7 Å². The minimum Gasteiger partial charge on any atom is -0.412 e. The summed E-state index contributed by atoms with van der Waals surface area (Å²) in [5.74, 6) is 0. The van der Waals surface area contributed by atoms with Gasteiger partial charge in [0.05, 0.1) is 0 Å². The summed E-state index contributed by atoms with van der Waals surface area (Å²) in [6.07, 6.45) is 0. The van der Waals surface area contributed by atoms with E-state index in [0.717, 1.165) is 0 Å². The van der Waals surface area contributed by atoms with Crippen LogP contribution in [0.1, 0.15) is 0 Å². The van der Waals surface area contributed by atoms with Crippen molar-refractivity contribution in [2.24, 2.45) is 0 Å². The molecule has 0 aromatic rings. The third-order valence-electron chi connectivity index (χ3n) is 0.408. The Labute approximate surface area is 99.0 Å². The van der Waals surface area contributed by atoms with Crippen molar-refractivity contribution in [1.82, 2.24) is 10.6 Å². The van der Waals surface area contributed by atoms with Crippen LogP contribution >= 0.6 is 24.4 Å². The first-order valence-corrected chi connectivity index (χ1v) is 3.95. The molecule has 0 aliphatic heterocycles. The minimum absolute atomic E-state index is 0. The Morgan fingerprint density at radius 3 is 1.09 bits per heavy atom. The van der Waals surface area contributed by atoms with Gasteiger partial charge in [0.1, 0.15) is 0 Å². The summed E-state index contributed by atoms with van der Waals surface area (Å²) in [5, 5.41) is 5.15. The van der Waals surface area contributed by atoms with E-state index in [1.165, 1.54) is 0 Å². The van der Waals surface area contributed by atoms with Crippen molar-refractivity contribution in [3.05, 3.63) is 0 Å². The number of nitrogens with one attached hydrogen (secondary N) is 2. The van der Waals surface area contributed by atoms with E-state index in [9.17, 15) is 0 Å². The molecule has 0 unspecified atom stereocenters. The molecule has 0 radical (unpaired) electrons. The Kier molecular flexibility index (Phi) is 21.4. The average Bonchev–Trinajstić information content (AvgIpc) is 1.89. The van der Waals surface area contributed by atoms with Crippen LogP contribution in [0.4, 0.5) is 0 Å². The normalized spacial score (nSPS) is 6.00. The second kappa shape index (κ2) is 13.3. The predicted octanol–water partition coefficient (Wildman–Crippen LogP) is 0.0727. The Balaban J connectivity index is -0.000000107. The molecular formula is C4H8N2NiS4. The van der Waals surface area contributed by atoms with Crippen LogP contribution < -0.4 is 10.6 Å². The van der Waals surface area contributed by atoms with Crippen molar-refractivity contribution in [3.8, 4) is 0 Å². The van der Waals surface area contributed by atoms with Gasteiger partial charge in [-0.3, -0.25) is 0 Å². The predicted molar refractivity (Wildman–Crippen MR) is 58.0 cm³/mol. The van der Waals surface area contributed by atoms with E-state index in [1.807, 2.05) is 0 Å². The second-order valence-electron chi connectivity index (χ2n) is 1.07. The van der Waals surface area contributed by atoms with Gasteiger partial charge in [0.2, 0.25) is 0 Å². The molecule has 0 bridgehead atoms. The number of rotatable bonds is 0. The summed E-state index contributed by atoms with van der Waals surface area (Å²) in [4.78, 5) is 0. The third kappa shape index (κ3) is 36.6. The Hall–Kier alpha value is 0.714. The first-order valence-electron chi connectivity index (χ1n) is 2.32. The fraction of sp³-hybridized carbons (Fsp3) is 0.500. The third-order valence-corrected chi connectivity index (χ3v) is 1.22. The van der Waals surface area contributed by atoms with Crippen molar-refractivity contribution >= 4 is 58.3 Å². The zero-order valence-corrected chi connectivity index (χ0v) is 10.2. The maximum absolute atomic E-state index is 4.40. The van der Waals surface area contributed by atoms with Gasteiger partial charge < -0.3 is 60.3 Å². The summed E-state index contributed by atoms with van der Waals surface area (Å²) < 4.78 is 0.843. The van der Waals surface area contributed by atoms with Crippen LogP contribution in [0.5, 0.6) is 0 Å². The fourth-order valence-corrected chi connectivity index (χ4v) is 0. The van der Waals surface area contributed by atoms with Gasteiger partial charge in [0, 0.05) is 14.1 Å². The van der Waals surface area contributed by atoms with Gasteiger partial charge in [-0.1, -0.05) is 8.64 Å². The molecule has 7 heteroatoms.